The zero-order chi connectivity index (χ0) is 24.2. The minimum Gasteiger partial charge on any atom is -0.494 e. The van der Waals surface area contributed by atoms with Crippen LogP contribution in [0.1, 0.15) is 41.3 Å². The van der Waals surface area contributed by atoms with Crippen molar-refractivity contribution in [3.8, 4) is 17.2 Å². The van der Waals surface area contributed by atoms with Crippen LogP contribution in [-0.2, 0) is 4.79 Å². The highest BCUT2D eigenvalue weighted by molar-refractivity contribution is 5.91. The number of aryl methyl sites for hydroxylation is 1. The van der Waals surface area contributed by atoms with Crippen LogP contribution in [0, 0.1) is 6.92 Å². The summed E-state index contributed by atoms with van der Waals surface area (Å²) in [5.41, 5.74) is 4.69. The molecule has 0 aromatic heterocycles. The summed E-state index contributed by atoms with van der Waals surface area (Å²) in [5, 5.41) is 3.92. The van der Waals surface area contributed by atoms with E-state index in [9.17, 15) is 9.59 Å². The SMILES string of the molecule is CCCCOc1ccc(C(=O)Oc2ccc(C=NNC(=O)COc3ccc(C)cc3)cc2)cc1. The molecular weight excluding hydrogens is 432 g/mol. The van der Waals surface area contributed by atoms with Crippen LogP contribution in [0.15, 0.2) is 77.9 Å². The standard InChI is InChI=1S/C27H28N2O5/c1-3-4-17-32-23-15-9-22(10-16-23)27(31)34-25-13-7-21(8-14-25)18-28-29-26(30)19-33-24-11-5-20(2)6-12-24/h5-16,18H,3-4,17,19H2,1-2H3,(H,29,30). The number of hydrogen-bond acceptors (Lipinski definition) is 6. The zero-order valence-electron chi connectivity index (χ0n) is 19.3. The molecule has 176 valence electrons. The maximum absolute atomic E-state index is 12.3. The molecule has 0 bridgehead atoms. The number of carbonyl (C=O) groups excluding carboxylic acids is 2. The summed E-state index contributed by atoms with van der Waals surface area (Å²) >= 11 is 0. The molecule has 3 rings (SSSR count). The lowest BCUT2D eigenvalue weighted by molar-refractivity contribution is -0.123. The summed E-state index contributed by atoms with van der Waals surface area (Å²) in [6, 6.07) is 21.1. The maximum atomic E-state index is 12.3. The maximum Gasteiger partial charge on any atom is 0.343 e. The Hall–Kier alpha value is -4.13. The van der Waals surface area contributed by atoms with Crippen molar-refractivity contribution in [3.63, 3.8) is 0 Å². The Labute approximate surface area is 199 Å². The highest BCUT2D eigenvalue weighted by Gasteiger charge is 2.09. The van der Waals surface area contributed by atoms with Crippen molar-refractivity contribution in [2.24, 2.45) is 5.10 Å². The van der Waals surface area contributed by atoms with Gasteiger partial charge >= 0.3 is 5.97 Å². The van der Waals surface area contributed by atoms with Crippen molar-refractivity contribution in [1.82, 2.24) is 5.43 Å². The average Bonchev–Trinajstić information content (AvgIpc) is 2.85. The molecule has 3 aromatic carbocycles. The Morgan fingerprint density at radius 3 is 2.15 bits per heavy atom. The fourth-order valence-electron chi connectivity index (χ4n) is 2.80. The van der Waals surface area contributed by atoms with Gasteiger partial charge in [0.05, 0.1) is 18.4 Å². The lowest BCUT2D eigenvalue weighted by Crippen LogP contribution is -2.24. The second kappa shape index (κ2) is 12.8. The molecule has 0 unspecified atom stereocenters. The van der Waals surface area contributed by atoms with Crippen LogP contribution in [0.25, 0.3) is 0 Å². The summed E-state index contributed by atoms with van der Waals surface area (Å²) in [6.07, 6.45) is 3.54. The highest BCUT2D eigenvalue weighted by atomic mass is 16.5. The van der Waals surface area contributed by atoms with Crippen molar-refractivity contribution in [3.05, 3.63) is 89.5 Å². The van der Waals surface area contributed by atoms with E-state index in [-0.39, 0.29) is 12.5 Å². The second-order valence-corrected chi connectivity index (χ2v) is 7.58. The Morgan fingerprint density at radius 1 is 0.853 bits per heavy atom. The molecule has 0 fully saturated rings. The monoisotopic (exact) mass is 460 g/mol. The molecule has 1 N–H and O–H groups in total. The summed E-state index contributed by atoms with van der Waals surface area (Å²) in [5.74, 6) is 0.918. The van der Waals surface area contributed by atoms with Gasteiger partial charge in [0, 0.05) is 0 Å². The van der Waals surface area contributed by atoms with E-state index in [1.165, 1.54) is 6.21 Å². The quantitative estimate of drug-likeness (QED) is 0.144. The fourth-order valence-corrected chi connectivity index (χ4v) is 2.80. The van der Waals surface area contributed by atoms with Gasteiger partial charge in [-0.3, -0.25) is 4.79 Å². The number of nitrogens with zero attached hydrogens (tertiary/aromatic N) is 1. The van der Waals surface area contributed by atoms with Crippen LogP contribution in [0.5, 0.6) is 17.2 Å². The van der Waals surface area contributed by atoms with Gasteiger partial charge < -0.3 is 14.2 Å². The smallest absolute Gasteiger partial charge is 0.343 e. The molecule has 3 aromatic rings. The molecule has 0 aliphatic carbocycles. The molecule has 0 saturated heterocycles. The Balaban J connectivity index is 1.43. The third-order valence-electron chi connectivity index (χ3n) is 4.74. The summed E-state index contributed by atoms with van der Waals surface area (Å²) < 4.78 is 16.4. The van der Waals surface area contributed by atoms with Gasteiger partial charge in [-0.25, -0.2) is 10.2 Å². The molecule has 0 spiro atoms. The number of benzene rings is 3. The first-order valence-corrected chi connectivity index (χ1v) is 11.1. The van der Waals surface area contributed by atoms with Gasteiger partial charge in [-0.15, -0.1) is 0 Å². The van der Waals surface area contributed by atoms with E-state index in [1.807, 2.05) is 19.1 Å². The van der Waals surface area contributed by atoms with Crippen LogP contribution in [0.3, 0.4) is 0 Å². The number of nitrogens with one attached hydrogen (secondary N) is 1. The number of hydrogen-bond donors (Lipinski definition) is 1. The Morgan fingerprint density at radius 2 is 1.47 bits per heavy atom. The van der Waals surface area contributed by atoms with E-state index in [0.29, 0.717) is 23.7 Å². The molecule has 0 heterocycles. The minimum atomic E-state index is -0.456. The molecule has 0 aliphatic rings. The molecular formula is C27H28N2O5. The lowest BCUT2D eigenvalue weighted by Gasteiger charge is -2.07. The van der Waals surface area contributed by atoms with Gasteiger partial charge in [-0.2, -0.15) is 5.10 Å². The first kappa shape index (κ1) is 24.5. The van der Waals surface area contributed by atoms with Crippen molar-refractivity contribution < 1.29 is 23.8 Å². The normalized spacial score (nSPS) is 10.6. The average molecular weight is 461 g/mol. The van der Waals surface area contributed by atoms with Crippen molar-refractivity contribution in [1.29, 1.82) is 0 Å². The third-order valence-corrected chi connectivity index (χ3v) is 4.74. The van der Waals surface area contributed by atoms with Gasteiger partial charge in [-0.05, 0) is 79.6 Å². The Kier molecular flexibility index (Phi) is 9.22. The van der Waals surface area contributed by atoms with E-state index < -0.39 is 5.97 Å². The van der Waals surface area contributed by atoms with Crippen molar-refractivity contribution in [2.75, 3.05) is 13.2 Å². The molecule has 34 heavy (non-hydrogen) atoms. The summed E-state index contributed by atoms with van der Waals surface area (Å²) in [4.78, 5) is 24.2. The number of esters is 1. The number of ether oxygens (including phenoxy) is 3. The summed E-state index contributed by atoms with van der Waals surface area (Å²) in [6.45, 7) is 4.59. The van der Waals surface area contributed by atoms with Crippen LogP contribution in [0.4, 0.5) is 0 Å². The molecule has 7 nitrogen and oxygen atoms in total. The summed E-state index contributed by atoms with van der Waals surface area (Å²) in [7, 11) is 0. The van der Waals surface area contributed by atoms with E-state index in [0.717, 1.165) is 29.7 Å². The van der Waals surface area contributed by atoms with Crippen LogP contribution >= 0.6 is 0 Å². The van der Waals surface area contributed by atoms with E-state index in [4.69, 9.17) is 14.2 Å². The molecule has 1 amide bonds. The first-order valence-electron chi connectivity index (χ1n) is 11.1. The van der Waals surface area contributed by atoms with Gasteiger partial charge in [-0.1, -0.05) is 31.0 Å². The van der Waals surface area contributed by atoms with E-state index in [1.54, 1.807) is 60.7 Å². The lowest BCUT2D eigenvalue weighted by atomic mass is 10.2. The molecule has 0 aliphatic heterocycles. The van der Waals surface area contributed by atoms with Gasteiger partial charge in [0.2, 0.25) is 0 Å². The predicted octanol–water partition coefficient (Wildman–Crippen LogP) is 4.92. The topological polar surface area (TPSA) is 86.2 Å². The van der Waals surface area contributed by atoms with Gasteiger partial charge in [0.1, 0.15) is 17.2 Å². The molecule has 0 atom stereocenters. The van der Waals surface area contributed by atoms with E-state index >= 15 is 0 Å². The predicted molar refractivity (Wildman–Crippen MR) is 131 cm³/mol. The second-order valence-electron chi connectivity index (χ2n) is 7.58. The number of rotatable bonds is 11. The first-order chi connectivity index (χ1) is 16.5. The van der Waals surface area contributed by atoms with Crippen LogP contribution in [-0.4, -0.2) is 31.3 Å². The molecule has 7 heteroatoms. The number of hydrazone groups is 1. The van der Waals surface area contributed by atoms with Crippen molar-refractivity contribution in [2.45, 2.75) is 26.7 Å². The highest BCUT2D eigenvalue weighted by Crippen LogP contribution is 2.17. The number of amides is 1. The fraction of sp³-hybridized carbons (Fsp3) is 0.222. The minimum absolute atomic E-state index is 0.138. The third kappa shape index (κ3) is 8.09. The van der Waals surface area contributed by atoms with Gasteiger partial charge in [0.15, 0.2) is 6.61 Å². The molecule has 0 radical (unpaired) electrons. The Bertz CT molecular complexity index is 1090. The number of unbranched alkanes of at least 4 members (excludes halogenated alkanes) is 1. The van der Waals surface area contributed by atoms with Gasteiger partial charge in [0.25, 0.3) is 5.91 Å². The zero-order valence-corrected chi connectivity index (χ0v) is 19.3. The van der Waals surface area contributed by atoms with Crippen LogP contribution < -0.4 is 19.6 Å². The molecule has 0 saturated carbocycles. The number of carbonyl (C=O) groups is 2. The van der Waals surface area contributed by atoms with Crippen LogP contribution in [0.2, 0.25) is 0 Å². The van der Waals surface area contributed by atoms with E-state index in [2.05, 4.69) is 17.5 Å². The largest absolute Gasteiger partial charge is 0.494 e. The van der Waals surface area contributed by atoms with Crippen molar-refractivity contribution >= 4 is 18.1 Å².